The number of carbonyl (C=O) groups is 3. The zero-order valence-electron chi connectivity index (χ0n) is 19.1. The Morgan fingerprint density at radius 2 is 1.44 bits per heavy atom. The van der Waals surface area contributed by atoms with Crippen LogP contribution in [0.3, 0.4) is 0 Å². The molecule has 0 aliphatic rings. The highest BCUT2D eigenvalue weighted by atomic mass is 16.5. The Balaban J connectivity index is 1.56. The molecule has 0 aliphatic heterocycles. The average molecular weight is 461 g/mol. The number of rotatable bonds is 9. The summed E-state index contributed by atoms with van der Waals surface area (Å²) in [5.74, 6) is -0.403. The van der Waals surface area contributed by atoms with Gasteiger partial charge in [-0.3, -0.25) is 14.9 Å². The molecule has 0 fully saturated rings. The van der Waals surface area contributed by atoms with Gasteiger partial charge in [0.15, 0.2) is 0 Å². The maximum atomic E-state index is 12.7. The summed E-state index contributed by atoms with van der Waals surface area (Å²) in [7, 11) is 0. The molecular formula is C26H28N4O4. The highest BCUT2D eigenvalue weighted by Crippen LogP contribution is 2.18. The van der Waals surface area contributed by atoms with Crippen LogP contribution in [0.1, 0.15) is 24.2 Å². The first kappa shape index (κ1) is 24.3. The number of hydrogen-bond acceptors (Lipinski definition) is 5. The summed E-state index contributed by atoms with van der Waals surface area (Å²) in [5, 5.41) is 11.3. The Morgan fingerprint density at radius 3 is 2.21 bits per heavy atom. The molecule has 0 saturated carbocycles. The fraction of sp³-hybridized carbons (Fsp3) is 0.192. The van der Waals surface area contributed by atoms with Gasteiger partial charge in [0.05, 0.1) is 24.4 Å². The van der Waals surface area contributed by atoms with Crippen molar-refractivity contribution < 1.29 is 19.1 Å². The Morgan fingerprint density at radius 1 is 0.765 bits per heavy atom. The fourth-order valence-corrected chi connectivity index (χ4v) is 2.99. The molecular weight excluding hydrogens is 432 g/mol. The second-order valence-electron chi connectivity index (χ2n) is 7.97. The minimum Gasteiger partial charge on any atom is -0.449 e. The van der Waals surface area contributed by atoms with Gasteiger partial charge in [0, 0.05) is 17.1 Å². The Labute approximate surface area is 198 Å². The molecule has 8 heteroatoms. The van der Waals surface area contributed by atoms with Crippen molar-refractivity contribution in [3.8, 4) is 0 Å². The normalized spacial score (nSPS) is 10.3. The summed E-state index contributed by atoms with van der Waals surface area (Å²) in [6.07, 6.45) is -0.533. The molecule has 3 aromatic carbocycles. The van der Waals surface area contributed by atoms with Gasteiger partial charge < -0.3 is 20.7 Å². The van der Waals surface area contributed by atoms with Crippen molar-refractivity contribution in [3.63, 3.8) is 0 Å². The van der Waals surface area contributed by atoms with Crippen LogP contribution < -0.4 is 21.3 Å². The molecule has 0 bridgehead atoms. The van der Waals surface area contributed by atoms with Gasteiger partial charge >= 0.3 is 6.09 Å². The number of ether oxygens (including phenoxy) is 1. The number of nitrogens with one attached hydrogen (secondary N) is 4. The third kappa shape index (κ3) is 7.67. The third-order valence-electron chi connectivity index (χ3n) is 4.59. The van der Waals surface area contributed by atoms with Crippen molar-refractivity contribution >= 4 is 40.7 Å². The number of benzene rings is 3. The number of anilines is 4. The smallest absolute Gasteiger partial charge is 0.411 e. The lowest BCUT2D eigenvalue weighted by molar-refractivity contribution is -0.114. The zero-order valence-corrected chi connectivity index (χ0v) is 19.1. The third-order valence-corrected chi connectivity index (χ3v) is 4.59. The van der Waals surface area contributed by atoms with Gasteiger partial charge in [-0.1, -0.05) is 50.2 Å². The molecule has 8 nitrogen and oxygen atoms in total. The average Bonchev–Trinajstić information content (AvgIpc) is 2.82. The van der Waals surface area contributed by atoms with E-state index in [0.717, 1.165) is 0 Å². The van der Waals surface area contributed by atoms with Crippen molar-refractivity contribution in [1.82, 2.24) is 0 Å². The van der Waals surface area contributed by atoms with E-state index in [1.807, 2.05) is 32.0 Å². The van der Waals surface area contributed by atoms with Gasteiger partial charge in [-0.25, -0.2) is 4.79 Å². The van der Waals surface area contributed by atoms with Crippen molar-refractivity contribution in [2.75, 3.05) is 34.4 Å². The van der Waals surface area contributed by atoms with Crippen LogP contribution >= 0.6 is 0 Å². The minimum atomic E-state index is -0.533. The van der Waals surface area contributed by atoms with Gasteiger partial charge in [0.25, 0.3) is 5.91 Å². The van der Waals surface area contributed by atoms with Gasteiger partial charge in [-0.15, -0.1) is 0 Å². The molecule has 0 heterocycles. The lowest BCUT2D eigenvalue weighted by atomic mass is 10.1. The fourth-order valence-electron chi connectivity index (χ4n) is 2.99. The van der Waals surface area contributed by atoms with E-state index in [2.05, 4.69) is 21.3 Å². The second kappa shape index (κ2) is 12.1. The molecule has 0 atom stereocenters. The summed E-state index contributed by atoms with van der Waals surface area (Å²) in [4.78, 5) is 37.1. The Hall–Kier alpha value is -4.33. The summed E-state index contributed by atoms with van der Waals surface area (Å²) >= 11 is 0. The number of amides is 3. The largest absolute Gasteiger partial charge is 0.449 e. The first-order valence-electron chi connectivity index (χ1n) is 10.9. The topological polar surface area (TPSA) is 109 Å². The van der Waals surface area contributed by atoms with E-state index in [1.54, 1.807) is 60.7 Å². The first-order valence-corrected chi connectivity index (χ1v) is 10.9. The van der Waals surface area contributed by atoms with E-state index in [-0.39, 0.29) is 24.3 Å². The summed E-state index contributed by atoms with van der Waals surface area (Å²) in [6.45, 7) is 4.21. The Kier molecular flexibility index (Phi) is 8.62. The molecule has 0 spiro atoms. The van der Waals surface area contributed by atoms with Crippen LogP contribution in [-0.2, 0) is 9.53 Å². The summed E-state index contributed by atoms with van der Waals surface area (Å²) in [6, 6.07) is 22.8. The summed E-state index contributed by atoms with van der Waals surface area (Å²) in [5.41, 5.74) is 2.61. The van der Waals surface area contributed by atoms with Crippen LogP contribution in [0.25, 0.3) is 0 Å². The molecule has 3 aromatic rings. The van der Waals surface area contributed by atoms with E-state index in [4.69, 9.17) is 4.74 Å². The van der Waals surface area contributed by atoms with Gasteiger partial charge in [-0.2, -0.15) is 0 Å². The first-order chi connectivity index (χ1) is 16.4. The van der Waals surface area contributed by atoms with Gasteiger partial charge in [0.1, 0.15) is 0 Å². The lowest BCUT2D eigenvalue weighted by Crippen LogP contribution is -2.24. The molecule has 0 radical (unpaired) electrons. The van der Waals surface area contributed by atoms with E-state index < -0.39 is 6.09 Å². The maximum Gasteiger partial charge on any atom is 0.411 e. The predicted octanol–water partition coefficient (Wildman–Crippen LogP) is 5.19. The van der Waals surface area contributed by atoms with Crippen molar-refractivity contribution in [1.29, 1.82) is 0 Å². The van der Waals surface area contributed by atoms with Gasteiger partial charge in [-0.05, 0) is 48.4 Å². The zero-order chi connectivity index (χ0) is 24.3. The van der Waals surface area contributed by atoms with Gasteiger partial charge in [0.2, 0.25) is 5.91 Å². The van der Waals surface area contributed by atoms with Crippen LogP contribution in [0.2, 0.25) is 0 Å². The SMILES string of the molecule is CC(C)COC(=O)Nc1cccc(NCC(=O)Nc2ccccc2C(=O)Nc2ccccc2)c1. The molecule has 4 N–H and O–H groups in total. The van der Waals surface area contributed by atoms with E-state index in [1.165, 1.54) is 0 Å². The van der Waals surface area contributed by atoms with Crippen molar-refractivity contribution in [2.45, 2.75) is 13.8 Å². The monoisotopic (exact) mass is 460 g/mol. The molecule has 3 rings (SSSR count). The van der Waals surface area contributed by atoms with E-state index >= 15 is 0 Å². The molecule has 3 amide bonds. The molecule has 176 valence electrons. The second-order valence-corrected chi connectivity index (χ2v) is 7.97. The minimum absolute atomic E-state index is 0.0319. The Bertz CT molecular complexity index is 1130. The predicted molar refractivity (Wildman–Crippen MR) is 134 cm³/mol. The lowest BCUT2D eigenvalue weighted by Gasteiger charge is -2.13. The van der Waals surface area contributed by atoms with Crippen LogP contribution in [-0.4, -0.2) is 31.1 Å². The number of para-hydroxylation sites is 2. The molecule has 0 saturated heterocycles. The number of carbonyl (C=O) groups excluding carboxylic acids is 3. The van der Waals surface area contributed by atoms with Crippen LogP contribution in [0.15, 0.2) is 78.9 Å². The molecule has 0 unspecified atom stereocenters. The number of hydrogen-bond donors (Lipinski definition) is 4. The molecule has 34 heavy (non-hydrogen) atoms. The quantitative estimate of drug-likeness (QED) is 0.351. The van der Waals surface area contributed by atoms with E-state index in [0.29, 0.717) is 34.9 Å². The molecule has 0 aliphatic carbocycles. The van der Waals surface area contributed by atoms with Crippen molar-refractivity contribution in [3.05, 3.63) is 84.4 Å². The van der Waals surface area contributed by atoms with Crippen LogP contribution in [0.4, 0.5) is 27.5 Å². The van der Waals surface area contributed by atoms with Crippen LogP contribution in [0.5, 0.6) is 0 Å². The highest BCUT2D eigenvalue weighted by molar-refractivity contribution is 6.10. The summed E-state index contributed by atoms with van der Waals surface area (Å²) < 4.78 is 5.11. The maximum absolute atomic E-state index is 12.7. The van der Waals surface area contributed by atoms with E-state index in [9.17, 15) is 14.4 Å². The van der Waals surface area contributed by atoms with Crippen LogP contribution in [0, 0.1) is 5.92 Å². The molecule has 0 aromatic heterocycles. The van der Waals surface area contributed by atoms with Crippen molar-refractivity contribution in [2.24, 2.45) is 5.92 Å². The standard InChI is InChI=1S/C26H28N4O4/c1-18(2)17-34-26(33)29-21-12-8-11-20(15-21)27-16-24(31)30-23-14-7-6-13-22(23)25(32)28-19-9-4-3-5-10-19/h3-15,18,27H,16-17H2,1-2H3,(H,28,32)(H,29,33)(H,30,31). The highest BCUT2D eigenvalue weighted by Gasteiger charge is 2.13.